The third-order valence-electron chi connectivity index (χ3n) is 3.19. The molecule has 0 radical (unpaired) electrons. The molecule has 7 nitrogen and oxygen atoms in total. The lowest BCUT2D eigenvalue weighted by Gasteiger charge is -2.36. The molecule has 1 heterocycles. The summed E-state index contributed by atoms with van der Waals surface area (Å²) in [5, 5.41) is 16.2. The van der Waals surface area contributed by atoms with Crippen LogP contribution >= 0.6 is 0 Å². The molecular weight excluding hydrogens is 246 g/mol. The van der Waals surface area contributed by atoms with Crippen molar-refractivity contribution in [2.24, 2.45) is 0 Å². The molecule has 0 aromatic carbocycles. The molecule has 1 aromatic heterocycles. The highest BCUT2D eigenvalue weighted by atomic mass is 16.5. The second-order valence-electron chi connectivity index (χ2n) is 4.83. The fourth-order valence-electron chi connectivity index (χ4n) is 1.85. The van der Waals surface area contributed by atoms with Crippen molar-refractivity contribution < 1.29 is 9.84 Å². The van der Waals surface area contributed by atoms with Crippen LogP contribution in [0.15, 0.2) is 0 Å². The van der Waals surface area contributed by atoms with Gasteiger partial charge in [-0.05, 0) is 25.7 Å². The van der Waals surface area contributed by atoms with Crippen LogP contribution < -0.4 is 15.4 Å². The summed E-state index contributed by atoms with van der Waals surface area (Å²) in [6.45, 7) is 3.31. The number of anilines is 2. The maximum absolute atomic E-state index is 10.0. The van der Waals surface area contributed by atoms with E-state index < -0.39 is 5.60 Å². The maximum Gasteiger partial charge on any atom is 0.322 e. The first-order valence-corrected chi connectivity index (χ1v) is 6.65. The lowest BCUT2D eigenvalue weighted by molar-refractivity contribution is -0.0203. The molecule has 0 atom stereocenters. The Kier molecular flexibility index (Phi) is 4.36. The molecule has 0 amide bonds. The van der Waals surface area contributed by atoms with Crippen LogP contribution in [0.4, 0.5) is 11.9 Å². The van der Waals surface area contributed by atoms with E-state index in [1.807, 2.05) is 0 Å². The Bertz CT molecular complexity index is 423. The molecule has 0 saturated heterocycles. The third kappa shape index (κ3) is 3.66. The van der Waals surface area contributed by atoms with E-state index in [0.29, 0.717) is 18.4 Å². The molecule has 3 N–H and O–H groups in total. The number of hydrogen-bond donors (Lipinski definition) is 3. The molecule has 2 rings (SSSR count). The second-order valence-corrected chi connectivity index (χ2v) is 4.83. The zero-order valence-electron chi connectivity index (χ0n) is 11.4. The largest absolute Gasteiger partial charge is 0.467 e. The lowest BCUT2D eigenvalue weighted by atomic mass is 9.80. The predicted octanol–water partition coefficient (Wildman–Crippen LogP) is 1.03. The molecule has 0 spiro atoms. The molecule has 0 aliphatic heterocycles. The minimum atomic E-state index is -0.614. The van der Waals surface area contributed by atoms with Gasteiger partial charge >= 0.3 is 6.01 Å². The summed E-state index contributed by atoms with van der Waals surface area (Å²) in [5.74, 6) is 0.905. The van der Waals surface area contributed by atoms with Crippen molar-refractivity contribution in [3.63, 3.8) is 0 Å². The summed E-state index contributed by atoms with van der Waals surface area (Å²) in [7, 11) is 1.52. The Labute approximate surface area is 112 Å². The van der Waals surface area contributed by atoms with Gasteiger partial charge in [0.25, 0.3) is 0 Å². The SMILES string of the molecule is CCCNc1nc(NCC2(O)CCC2)nc(OC)n1. The maximum atomic E-state index is 10.0. The molecule has 106 valence electrons. The predicted molar refractivity (Wildman–Crippen MR) is 72.5 cm³/mol. The van der Waals surface area contributed by atoms with Crippen molar-refractivity contribution in [2.75, 3.05) is 30.8 Å². The number of rotatable bonds is 7. The van der Waals surface area contributed by atoms with Crippen LogP contribution in [0.2, 0.25) is 0 Å². The van der Waals surface area contributed by atoms with Gasteiger partial charge in [-0.15, -0.1) is 0 Å². The summed E-state index contributed by atoms with van der Waals surface area (Å²) in [4.78, 5) is 12.5. The summed E-state index contributed by atoms with van der Waals surface area (Å²) in [6.07, 6.45) is 3.70. The Balaban J connectivity index is 2.01. The van der Waals surface area contributed by atoms with Gasteiger partial charge in [-0.3, -0.25) is 0 Å². The van der Waals surface area contributed by atoms with Crippen LogP contribution in [-0.2, 0) is 0 Å². The first-order valence-electron chi connectivity index (χ1n) is 6.65. The first-order chi connectivity index (χ1) is 9.15. The number of aliphatic hydroxyl groups is 1. The van der Waals surface area contributed by atoms with Crippen molar-refractivity contribution in [1.82, 2.24) is 15.0 Å². The van der Waals surface area contributed by atoms with E-state index in [2.05, 4.69) is 32.5 Å². The topological polar surface area (TPSA) is 92.2 Å². The number of hydrogen-bond acceptors (Lipinski definition) is 7. The second kappa shape index (κ2) is 6.01. The Morgan fingerprint density at radius 1 is 1.21 bits per heavy atom. The lowest BCUT2D eigenvalue weighted by Crippen LogP contribution is -2.43. The standard InChI is InChI=1S/C12H21N5O2/c1-3-7-13-9-15-10(17-11(16-9)19-2)14-8-12(18)5-4-6-12/h18H,3-8H2,1-2H3,(H2,13,14,15,16,17). The van der Waals surface area contributed by atoms with Crippen molar-refractivity contribution in [3.8, 4) is 6.01 Å². The summed E-state index contributed by atoms with van der Waals surface area (Å²) in [5.41, 5.74) is -0.614. The van der Waals surface area contributed by atoms with E-state index in [1.54, 1.807) is 0 Å². The monoisotopic (exact) mass is 267 g/mol. The van der Waals surface area contributed by atoms with Gasteiger partial charge in [-0.25, -0.2) is 0 Å². The van der Waals surface area contributed by atoms with Gasteiger partial charge < -0.3 is 20.5 Å². The molecule has 1 fully saturated rings. The van der Waals surface area contributed by atoms with E-state index in [4.69, 9.17) is 4.74 Å². The molecule has 19 heavy (non-hydrogen) atoms. The number of ether oxygens (including phenoxy) is 1. The number of aromatic nitrogens is 3. The number of nitrogens with zero attached hydrogens (tertiary/aromatic N) is 3. The Hall–Kier alpha value is -1.63. The molecule has 1 aliphatic carbocycles. The minimum Gasteiger partial charge on any atom is -0.467 e. The van der Waals surface area contributed by atoms with Gasteiger partial charge in [-0.2, -0.15) is 15.0 Å². The smallest absolute Gasteiger partial charge is 0.322 e. The van der Waals surface area contributed by atoms with Crippen LogP contribution in [0.3, 0.4) is 0 Å². The first kappa shape index (κ1) is 13.8. The van der Waals surface area contributed by atoms with E-state index in [9.17, 15) is 5.11 Å². The minimum absolute atomic E-state index is 0.261. The molecule has 0 bridgehead atoms. The Morgan fingerprint density at radius 2 is 1.89 bits per heavy atom. The quantitative estimate of drug-likeness (QED) is 0.679. The third-order valence-corrected chi connectivity index (χ3v) is 3.19. The van der Waals surface area contributed by atoms with Crippen molar-refractivity contribution in [1.29, 1.82) is 0 Å². The van der Waals surface area contributed by atoms with E-state index in [1.165, 1.54) is 7.11 Å². The average molecular weight is 267 g/mol. The average Bonchev–Trinajstić information content (AvgIpc) is 2.40. The molecule has 1 aromatic rings. The summed E-state index contributed by atoms with van der Waals surface area (Å²) in [6, 6.07) is 0.261. The molecule has 1 aliphatic rings. The van der Waals surface area contributed by atoms with Gasteiger partial charge in [0.05, 0.1) is 12.7 Å². The highest BCUT2D eigenvalue weighted by Crippen LogP contribution is 2.31. The van der Waals surface area contributed by atoms with E-state index in [-0.39, 0.29) is 6.01 Å². The molecule has 0 unspecified atom stereocenters. The normalized spacial score (nSPS) is 16.6. The Morgan fingerprint density at radius 3 is 2.42 bits per heavy atom. The highest BCUT2D eigenvalue weighted by Gasteiger charge is 2.34. The van der Waals surface area contributed by atoms with E-state index >= 15 is 0 Å². The van der Waals surface area contributed by atoms with Crippen molar-refractivity contribution in [2.45, 2.75) is 38.2 Å². The van der Waals surface area contributed by atoms with Gasteiger partial charge in [0, 0.05) is 13.1 Å². The van der Waals surface area contributed by atoms with Gasteiger partial charge in [0.15, 0.2) is 0 Å². The molecule has 7 heteroatoms. The highest BCUT2D eigenvalue weighted by molar-refractivity contribution is 5.36. The fraction of sp³-hybridized carbons (Fsp3) is 0.750. The zero-order chi connectivity index (χ0) is 13.7. The molecule has 1 saturated carbocycles. The van der Waals surface area contributed by atoms with Crippen LogP contribution in [0.1, 0.15) is 32.6 Å². The zero-order valence-corrected chi connectivity index (χ0v) is 11.4. The fourth-order valence-corrected chi connectivity index (χ4v) is 1.85. The van der Waals surface area contributed by atoms with Crippen LogP contribution in [0, 0.1) is 0 Å². The number of nitrogens with one attached hydrogen (secondary N) is 2. The van der Waals surface area contributed by atoms with Crippen molar-refractivity contribution in [3.05, 3.63) is 0 Å². The molecular formula is C12H21N5O2. The number of methoxy groups -OCH3 is 1. The summed E-state index contributed by atoms with van der Waals surface area (Å²) < 4.78 is 5.04. The summed E-state index contributed by atoms with van der Waals surface area (Å²) >= 11 is 0. The van der Waals surface area contributed by atoms with Gasteiger partial charge in [0.1, 0.15) is 0 Å². The van der Waals surface area contributed by atoms with Gasteiger partial charge in [-0.1, -0.05) is 6.92 Å². The van der Waals surface area contributed by atoms with Crippen molar-refractivity contribution >= 4 is 11.9 Å². The van der Waals surface area contributed by atoms with Crippen LogP contribution in [0.25, 0.3) is 0 Å². The van der Waals surface area contributed by atoms with E-state index in [0.717, 1.165) is 32.2 Å². The van der Waals surface area contributed by atoms with Crippen LogP contribution in [0.5, 0.6) is 6.01 Å². The van der Waals surface area contributed by atoms with Gasteiger partial charge in [0.2, 0.25) is 11.9 Å². The van der Waals surface area contributed by atoms with Crippen LogP contribution in [-0.4, -0.2) is 45.9 Å².